The third kappa shape index (κ3) is 2.10. The Bertz CT molecular complexity index is 872. The monoisotopic (exact) mass is 337 g/mol. The van der Waals surface area contributed by atoms with Crippen LogP contribution in [0.25, 0.3) is 0 Å². The summed E-state index contributed by atoms with van der Waals surface area (Å²) >= 11 is 0. The Hall–Kier alpha value is -2.76. The van der Waals surface area contributed by atoms with Gasteiger partial charge in [-0.15, -0.1) is 0 Å². The van der Waals surface area contributed by atoms with Crippen LogP contribution in [0.3, 0.4) is 0 Å². The Morgan fingerprint density at radius 2 is 1.64 bits per heavy atom. The molecule has 1 saturated carbocycles. The van der Waals surface area contributed by atoms with Crippen LogP contribution in [0.15, 0.2) is 48.7 Å². The van der Waals surface area contributed by atoms with Crippen molar-refractivity contribution in [2.45, 2.75) is 13.0 Å². The van der Waals surface area contributed by atoms with Crippen LogP contribution in [0.4, 0.5) is 10.2 Å². The van der Waals surface area contributed by atoms with E-state index in [-0.39, 0.29) is 41.3 Å². The van der Waals surface area contributed by atoms with E-state index < -0.39 is 0 Å². The SMILES string of the molecule is O=C1[C@H]2[C@H](C(=O)N1c1ccn(Cc3ccc(F)cc3)n1)[C@H]1C=C[C@H]2C1. The average Bonchev–Trinajstić information content (AvgIpc) is 3.35. The highest BCUT2D eigenvalue weighted by Gasteiger charge is 2.59. The van der Waals surface area contributed by atoms with Gasteiger partial charge in [0.1, 0.15) is 5.82 Å². The molecule has 5 nitrogen and oxygen atoms in total. The van der Waals surface area contributed by atoms with Crippen molar-refractivity contribution in [1.29, 1.82) is 0 Å². The van der Waals surface area contributed by atoms with E-state index in [1.807, 2.05) is 0 Å². The number of carbonyl (C=O) groups is 2. The molecule has 0 unspecified atom stereocenters. The summed E-state index contributed by atoms with van der Waals surface area (Å²) < 4.78 is 14.6. The molecule has 1 aromatic carbocycles. The van der Waals surface area contributed by atoms with Gasteiger partial charge in [-0.05, 0) is 36.0 Å². The third-order valence-corrected chi connectivity index (χ3v) is 5.58. The maximum absolute atomic E-state index is 13.0. The van der Waals surface area contributed by atoms with Crippen LogP contribution >= 0.6 is 0 Å². The number of nitrogens with zero attached hydrogens (tertiary/aromatic N) is 3. The van der Waals surface area contributed by atoms with Crippen LogP contribution in [-0.2, 0) is 16.1 Å². The van der Waals surface area contributed by atoms with Crippen molar-refractivity contribution in [1.82, 2.24) is 9.78 Å². The summed E-state index contributed by atoms with van der Waals surface area (Å²) in [6, 6.07) is 7.87. The maximum atomic E-state index is 13.0. The molecule has 1 aliphatic heterocycles. The predicted octanol–water partition coefficient (Wildman–Crippen LogP) is 2.38. The van der Waals surface area contributed by atoms with E-state index in [1.165, 1.54) is 17.0 Å². The van der Waals surface area contributed by atoms with Crippen molar-refractivity contribution >= 4 is 17.6 Å². The number of rotatable bonds is 3. The van der Waals surface area contributed by atoms with Crippen molar-refractivity contribution in [3.63, 3.8) is 0 Å². The van der Waals surface area contributed by atoms with E-state index in [0.717, 1.165) is 12.0 Å². The molecular formula is C19H16FN3O2. The first-order valence-corrected chi connectivity index (χ1v) is 8.46. The summed E-state index contributed by atoms with van der Waals surface area (Å²) in [5.41, 5.74) is 0.897. The lowest BCUT2D eigenvalue weighted by atomic mass is 9.85. The average molecular weight is 337 g/mol. The van der Waals surface area contributed by atoms with Gasteiger partial charge in [-0.3, -0.25) is 14.3 Å². The molecule has 2 aliphatic carbocycles. The van der Waals surface area contributed by atoms with Gasteiger partial charge in [-0.2, -0.15) is 5.10 Å². The van der Waals surface area contributed by atoms with Gasteiger partial charge in [-0.1, -0.05) is 24.3 Å². The fourth-order valence-electron chi connectivity index (χ4n) is 4.46. The second kappa shape index (κ2) is 5.12. The van der Waals surface area contributed by atoms with Crippen molar-refractivity contribution in [3.8, 4) is 0 Å². The molecule has 3 aliphatic rings. The number of fused-ring (bicyclic) bond motifs is 5. The van der Waals surface area contributed by atoms with E-state index in [9.17, 15) is 14.0 Å². The van der Waals surface area contributed by atoms with Crippen LogP contribution < -0.4 is 4.90 Å². The normalized spacial score (nSPS) is 29.7. The topological polar surface area (TPSA) is 55.2 Å². The third-order valence-electron chi connectivity index (χ3n) is 5.58. The molecule has 0 spiro atoms. The number of imide groups is 1. The van der Waals surface area contributed by atoms with E-state index in [0.29, 0.717) is 12.4 Å². The van der Waals surface area contributed by atoms with Gasteiger partial charge in [0, 0.05) is 12.3 Å². The van der Waals surface area contributed by atoms with Crippen LogP contribution in [-0.4, -0.2) is 21.6 Å². The van der Waals surface area contributed by atoms with Crippen molar-refractivity contribution in [2.24, 2.45) is 23.7 Å². The Balaban J connectivity index is 1.40. The number of carbonyl (C=O) groups excluding carboxylic acids is 2. The van der Waals surface area contributed by atoms with E-state index >= 15 is 0 Å². The van der Waals surface area contributed by atoms with Crippen molar-refractivity contribution < 1.29 is 14.0 Å². The van der Waals surface area contributed by atoms with Gasteiger partial charge >= 0.3 is 0 Å². The Kier molecular flexibility index (Phi) is 2.98. The smallest absolute Gasteiger partial charge is 0.239 e. The number of halogens is 1. The first kappa shape index (κ1) is 14.6. The van der Waals surface area contributed by atoms with Crippen molar-refractivity contribution in [2.75, 3.05) is 4.90 Å². The molecule has 2 aromatic rings. The molecule has 4 atom stereocenters. The number of anilines is 1. The predicted molar refractivity (Wildman–Crippen MR) is 87.9 cm³/mol. The summed E-state index contributed by atoms with van der Waals surface area (Å²) in [5, 5.41) is 4.40. The Morgan fingerprint density at radius 3 is 2.28 bits per heavy atom. The highest BCUT2D eigenvalue weighted by Crippen LogP contribution is 2.52. The largest absolute Gasteiger partial charge is 0.274 e. The zero-order valence-corrected chi connectivity index (χ0v) is 13.4. The number of benzene rings is 1. The number of allylic oxidation sites excluding steroid dienone is 2. The van der Waals surface area contributed by atoms with E-state index in [1.54, 1.807) is 29.1 Å². The van der Waals surface area contributed by atoms with Gasteiger partial charge in [0.15, 0.2) is 5.82 Å². The number of hydrogen-bond acceptors (Lipinski definition) is 3. The number of hydrogen-bond donors (Lipinski definition) is 0. The number of aromatic nitrogens is 2. The summed E-state index contributed by atoms with van der Waals surface area (Å²) in [5.74, 6) is -0.207. The molecule has 2 amide bonds. The van der Waals surface area contributed by atoms with Crippen molar-refractivity contribution in [3.05, 3.63) is 60.1 Å². The van der Waals surface area contributed by atoms with Gasteiger partial charge in [-0.25, -0.2) is 9.29 Å². The second-order valence-corrected chi connectivity index (χ2v) is 7.01. The number of amides is 2. The minimum absolute atomic E-state index is 0.126. The minimum atomic E-state index is -0.284. The van der Waals surface area contributed by atoms with Gasteiger partial charge in [0.05, 0.1) is 18.4 Å². The minimum Gasteiger partial charge on any atom is -0.274 e. The lowest BCUT2D eigenvalue weighted by Gasteiger charge is -2.14. The first-order chi connectivity index (χ1) is 12.1. The van der Waals surface area contributed by atoms with E-state index in [4.69, 9.17) is 0 Å². The Labute approximate surface area is 143 Å². The van der Waals surface area contributed by atoms with Gasteiger partial charge < -0.3 is 0 Å². The molecule has 2 heterocycles. The maximum Gasteiger partial charge on any atom is 0.239 e. The lowest BCUT2D eigenvalue weighted by Crippen LogP contribution is -2.33. The van der Waals surface area contributed by atoms with Gasteiger partial charge in [0.25, 0.3) is 0 Å². The molecule has 1 saturated heterocycles. The van der Waals surface area contributed by atoms with Crippen LogP contribution in [0.5, 0.6) is 0 Å². The molecule has 126 valence electrons. The lowest BCUT2D eigenvalue weighted by molar-refractivity contribution is -0.123. The highest BCUT2D eigenvalue weighted by molar-refractivity contribution is 6.22. The molecule has 2 fully saturated rings. The quantitative estimate of drug-likeness (QED) is 0.638. The fourth-order valence-corrected chi connectivity index (χ4v) is 4.46. The zero-order chi connectivity index (χ0) is 17.1. The van der Waals surface area contributed by atoms with Crippen LogP contribution in [0.2, 0.25) is 0 Å². The molecule has 0 radical (unpaired) electrons. The second-order valence-electron chi connectivity index (χ2n) is 7.01. The molecule has 1 aromatic heterocycles. The van der Waals surface area contributed by atoms with E-state index in [2.05, 4.69) is 17.3 Å². The molecule has 25 heavy (non-hydrogen) atoms. The summed E-state index contributed by atoms with van der Waals surface area (Å²) in [4.78, 5) is 26.8. The molecule has 0 N–H and O–H groups in total. The fraction of sp³-hybridized carbons (Fsp3) is 0.316. The summed E-state index contributed by atoms with van der Waals surface area (Å²) in [7, 11) is 0. The molecule has 2 bridgehead atoms. The summed E-state index contributed by atoms with van der Waals surface area (Å²) in [6.45, 7) is 0.455. The van der Waals surface area contributed by atoms with Gasteiger partial charge in [0.2, 0.25) is 11.8 Å². The first-order valence-electron chi connectivity index (χ1n) is 8.46. The zero-order valence-electron chi connectivity index (χ0n) is 13.4. The Morgan fingerprint density at radius 1 is 1.00 bits per heavy atom. The molecular weight excluding hydrogens is 321 g/mol. The summed E-state index contributed by atoms with van der Waals surface area (Å²) in [6.07, 6.45) is 6.81. The molecule has 6 heteroatoms. The molecule has 5 rings (SSSR count). The van der Waals surface area contributed by atoms with Crippen LogP contribution in [0.1, 0.15) is 12.0 Å². The standard InChI is InChI=1S/C19H16FN3O2/c20-14-5-1-11(2-6-14)10-22-8-7-15(21-22)23-18(24)16-12-3-4-13(9-12)17(16)19(23)25/h1-8,12-13,16-17H,9-10H2/t12-,13-,16+,17+/m0/s1. The van der Waals surface area contributed by atoms with Crippen LogP contribution in [0, 0.1) is 29.5 Å². The highest BCUT2D eigenvalue weighted by atomic mass is 19.1.